The van der Waals surface area contributed by atoms with Crippen molar-refractivity contribution in [1.29, 1.82) is 0 Å². The number of rotatable bonds is 4. The van der Waals surface area contributed by atoms with Gasteiger partial charge in [-0.1, -0.05) is 109 Å². The van der Waals surface area contributed by atoms with E-state index in [1.807, 2.05) is 66.9 Å². The molecule has 4 heteroatoms. The molecule has 3 aliphatic carbocycles. The molecule has 0 saturated carbocycles. The normalized spacial score (nSPS) is 24.4. The first-order chi connectivity index (χ1) is 19.7. The van der Waals surface area contributed by atoms with Crippen LogP contribution in [0.2, 0.25) is 0 Å². The number of nitrogens with zero attached hydrogens (tertiary/aromatic N) is 2. The van der Waals surface area contributed by atoms with Gasteiger partial charge < -0.3 is 0 Å². The molecule has 1 saturated heterocycles. The summed E-state index contributed by atoms with van der Waals surface area (Å²) in [7, 11) is 0. The quantitative estimate of drug-likeness (QED) is 0.197. The number of anilines is 1. The topological polar surface area (TPSA) is 49.7 Å². The molecule has 4 nitrogen and oxygen atoms in total. The molecule has 2 unspecified atom stereocenters. The van der Waals surface area contributed by atoms with Gasteiger partial charge in [-0.15, -0.1) is 0 Å². The summed E-state index contributed by atoms with van der Waals surface area (Å²) < 4.78 is 0. The Balaban J connectivity index is 1.34. The number of hydrogen-bond acceptors (Lipinski definition) is 3. The van der Waals surface area contributed by atoms with Crippen LogP contribution in [0.15, 0.2) is 126 Å². The summed E-state index contributed by atoms with van der Waals surface area (Å²) in [6.07, 6.45) is 2.00. The Kier molecular flexibility index (Phi) is 4.96. The van der Waals surface area contributed by atoms with E-state index in [0.29, 0.717) is 12.2 Å². The van der Waals surface area contributed by atoms with Crippen LogP contribution in [0.25, 0.3) is 10.8 Å². The standard InChI is InChI=1S/C36H26N2O2/c39-34-32-31-27-17-6-8-19-29(27)36(30-20-9-7-18-28(30)31,33(32)35(40)38(34)25-14-2-1-3-15-25)22-37-21-24-13-10-12-23-11-4-5-16-26(23)24/h1-20,22,31-33H,21H2. The molecule has 0 radical (unpaired) electrons. The van der Waals surface area contributed by atoms with Gasteiger partial charge in [-0.05, 0) is 50.7 Å². The van der Waals surface area contributed by atoms with Crippen molar-refractivity contribution in [3.63, 3.8) is 0 Å². The zero-order chi connectivity index (χ0) is 26.8. The number of hydrogen-bond donors (Lipinski definition) is 0. The van der Waals surface area contributed by atoms with E-state index in [2.05, 4.69) is 60.7 Å². The number of amides is 2. The molecule has 0 spiro atoms. The molecular weight excluding hydrogens is 492 g/mol. The van der Waals surface area contributed by atoms with Crippen LogP contribution in [0.1, 0.15) is 33.7 Å². The van der Waals surface area contributed by atoms with E-state index in [-0.39, 0.29) is 17.7 Å². The lowest BCUT2D eigenvalue weighted by molar-refractivity contribution is -0.122. The van der Waals surface area contributed by atoms with E-state index in [1.165, 1.54) is 15.7 Å². The fraction of sp³-hybridized carbons (Fsp3) is 0.139. The van der Waals surface area contributed by atoms with Gasteiger partial charge in [0, 0.05) is 12.1 Å². The average Bonchev–Trinajstić information content (AvgIpc) is 3.28. The maximum Gasteiger partial charge on any atom is 0.239 e. The van der Waals surface area contributed by atoms with Crippen molar-refractivity contribution >= 4 is 34.5 Å². The Morgan fingerprint density at radius 3 is 2.05 bits per heavy atom. The maximum atomic E-state index is 14.4. The number of imide groups is 1. The zero-order valence-electron chi connectivity index (χ0n) is 21.8. The van der Waals surface area contributed by atoms with E-state index in [0.717, 1.165) is 27.8 Å². The highest BCUT2D eigenvalue weighted by Gasteiger charge is 2.67. The van der Waals surface area contributed by atoms with Crippen molar-refractivity contribution in [2.45, 2.75) is 17.9 Å². The van der Waals surface area contributed by atoms with Crippen molar-refractivity contribution in [3.05, 3.63) is 149 Å². The summed E-state index contributed by atoms with van der Waals surface area (Å²) in [5, 5.41) is 2.35. The summed E-state index contributed by atoms with van der Waals surface area (Å²) in [4.78, 5) is 35.1. The fourth-order valence-electron chi connectivity index (χ4n) is 7.60. The molecule has 5 aromatic rings. The van der Waals surface area contributed by atoms with Crippen molar-refractivity contribution in [2.24, 2.45) is 16.8 Å². The molecule has 9 rings (SSSR count). The monoisotopic (exact) mass is 518 g/mol. The average molecular weight is 519 g/mol. The Hall–Kier alpha value is -4.83. The molecule has 1 aliphatic heterocycles. The van der Waals surface area contributed by atoms with Gasteiger partial charge in [0.05, 0.1) is 29.5 Å². The van der Waals surface area contributed by atoms with Gasteiger partial charge in [-0.25, -0.2) is 4.90 Å². The van der Waals surface area contributed by atoms with Crippen LogP contribution in [0.3, 0.4) is 0 Å². The highest BCUT2D eigenvalue weighted by Crippen LogP contribution is 2.63. The smallest absolute Gasteiger partial charge is 0.239 e. The Morgan fingerprint density at radius 1 is 0.675 bits per heavy atom. The molecule has 192 valence electrons. The highest BCUT2D eigenvalue weighted by atomic mass is 16.2. The Bertz CT molecular complexity index is 1810. The van der Waals surface area contributed by atoms with E-state index in [1.54, 1.807) is 0 Å². The third-order valence-corrected chi connectivity index (χ3v) is 9.13. The molecule has 2 amide bonds. The van der Waals surface area contributed by atoms with Crippen molar-refractivity contribution in [1.82, 2.24) is 0 Å². The van der Waals surface area contributed by atoms with E-state index in [4.69, 9.17) is 4.99 Å². The van der Waals surface area contributed by atoms with E-state index >= 15 is 0 Å². The van der Waals surface area contributed by atoms with Crippen LogP contribution >= 0.6 is 0 Å². The number of benzene rings is 5. The van der Waals surface area contributed by atoms with Crippen molar-refractivity contribution in [3.8, 4) is 0 Å². The third-order valence-electron chi connectivity index (χ3n) is 9.13. The first kappa shape index (κ1) is 23.1. The van der Waals surface area contributed by atoms with Gasteiger partial charge in [0.25, 0.3) is 0 Å². The van der Waals surface area contributed by atoms with Crippen LogP contribution in [0.5, 0.6) is 0 Å². The first-order valence-corrected chi connectivity index (χ1v) is 13.8. The lowest BCUT2D eigenvalue weighted by Gasteiger charge is -2.52. The molecule has 2 bridgehead atoms. The number of carbonyl (C=O) groups is 2. The Labute approximate surface area is 232 Å². The largest absolute Gasteiger partial charge is 0.291 e. The minimum Gasteiger partial charge on any atom is -0.291 e. The Morgan fingerprint density at radius 2 is 1.30 bits per heavy atom. The second kappa shape index (κ2) is 8.59. The summed E-state index contributed by atoms with van der Waals surface area (Å²) in [5.41, 5.74) is 5.32. The number of para-hydroxylation sites is 1. The SMILES string of the molecule is O=C1C2C3c4ccccc4C(C=NCc4cccc5ccccc45)(c4ccccc43)C2C(=O)N1c1ccccc1. The van der Waals surface area contributed by atoms with Gasteiger partial charge in [0.1, 0.15) is 0 Å². The minimum absolute atomic E-state index is 0.123. The molecule has 40 heavy (non-hydrogen) atoms. The summed E-state index contributed by atoms with van der Waals surface area (Å²) in [6, 6.07) is 40.6. The van der Waals surface area contributed by atoms with E-state index in [9.17, 15) is 9.59 Å². The molecule has 1 heterocycles. The van der Waals surface area contributed by atoms with Crippen LogP contribution in [0, 0.1) is 11.8 Å². The fourth-order valence-corrected chi connectivity index (χ4v) is 7.60. The second-order valence-corrected chi connectivity index (χ2v) is 11.0. The molecule has 2 atom stereocenters. The van der Waals surface area contributed by atoms with Gasteiger partial charge in [-0.3, -0.25) is 14.6 Å². The second-order valence-electron chi connectivity index (χ2n) is 11.0. The van der Waals surface area contributed by atoms with Crippen LogP contribution in [0.4, 0.5) is 5.69 Å². The van der Waals surface area contributed by atoms with E-state index < -0.39 is 17.3 Å². The van der Waals surface area contributed by atoms with Gasteiger partial charge in [0.2, 0.25) is 11.8 Å². The number of fused-ring (bicyclic) bond motifs is 1. The van der Waals surface area contributed by atoms with Gasteiger partial charge >= 0.3 is 0 Å². The predicted octanol–water partition coefficient (Wildman–Crippen LogP) is 6.66. The molecule has 0 aromatic heterocycles. The van der Waals surface area contributed by atoms with Crippen molar-refractivity contribution in [2.75, 3.05) is 4.90 Å². The summed E-state index contributed by atoms with van der Waals surface area (Å²) in [6.45, 7) is 0.485. The summed E-state index contributed by atoms with van der Waals surface area (Å²) >= 11 is 0. The molecule has 4 aliphatic rings. The lowest BCUT2D eigenvalue weighted by Crippen LogP contribution is -2.54. The number of carbonyl (C=O) groups excluding carboxylic acids is 2. The lowest BCUT2D eigenvalue weighted by atomic mass is 9.47. The highest BCUT2D eigenvalue weighted by molar-refractivity contribution is 6.25. The maximum absolute atomic E-state index is 14.4. The third kappa shape index (κ3) is 2.99. The molecule has 1 fully saturated rings. The van der Waals surface area contributed by atoms with Crippen LogP contribution in [-0.2, 0) is 21.5 Å². The first-order valence-electron chi connectivity index (χ1n) is 13.8. The van der Waals surface area contributed by atoms with Crippen LogP contribution in [-0.4, -0.2) is 18.0 Å². The molecule has 0 N–H and O–H groups in total. The van der Waals surface area contributed by atoms with Crippen LogP contribution < -0.4 is 4.90 Å². The predicted molar refractivity (Wildman–Crippen MR) is 158 cm³/mol. The zero-order valence-corrected chi connectivity index (χ0v) is 21.8. The molecule has 5 aromatic carbocycles. The van der Waals surface area contributed by atoms with Gasteiger partial charge in [0.15, 0.2) is 0 Å². The summed E-state index contributed by atoms with van der Waals surface area (Å²) in [5.74, 6) is -1.49. The number of aliphatic imine (C=N–C) groups is 1. The van der Waals surface area contributed by atoms with Crippen molar-refractivity contribution < 1.29 is 9.59 Å². The molecular formula is C36H26N2O2. The minimum atomic E-state index is -0.840. The van der Waals surface area contributed by atoms with Gasteiger partial charge in [-0.2, -0.15) is 0 Å².